The molecule has 0 radical (unpaired) electrons. The number of ether oxygens (including phenoxy) is 2. The second-order valence-corrected chi connectivity index (χ2v) is 8.22. The molecule has 0 saturated carbocycles. The van der Waals surface area contributed by atoms with Gasteiger partial charge in [-0.15, -0.1) is 0 Å². The average molecular weight is 453 g/mol. The molecule has 0 unspecified atom stereocenters. The number of aromatic hydroxyl groups is 1. The molecule has 0 aromatic heterocycles. The van der Waals surface area contributed by atoms with E-state index in [4.69, 9.17) is 9.47 Å². The number of Topliss-reactive ketones (excluding diaryl/α,β-unsaturated/α-hetero) is 1. The molecular weight excluding hydrogens is 424 g/mol. The molecule has 2 N–H and O–H groups in total. The van der Waals surface area contributed by atoms with Gasteiger partial charge in [-0.25, -0.2) is 0 Å². The van der Waals surface area contributed by atoms with Crippen LogP contribution in [-0.4, -0.2) is 78.2 Å². The average Bonchev–Trinajstić information content (AvgIpc) is 3.08. The largest absolute Gasteiger partial charge is 0.508 e. The van der Waals surface area contributed by atoms with Crippen LogP contribution in [0.5, 0.6) is 11.5 Å². The Morgan fingerprint density at radius 1 is 1.09 bits per heavy atom. The molecule has 1 amide bonds. The van der Waals surface area contributed by atoms with Crippen molar-refractivity contribution in [3.8, 4) is 11.5 Å². The van der Waals surface area contributed by atoms with E-state index in [0.29, 0.717) is 43.2 Å². The summed E-state index contributed by atoms with van der Waals surface area (Å²) in [6.45, 7) is 5.56. The zero-order valence-corrected chi connectivity index (χ0v) is 18.8. The molecule has 2 aromatic rings. The number of phenolic OH excluding ortho intramolecular Hbond substituents is 1. The van der Waals surface area contributed by atoms with E-state index in [1.165, 1.54) is 17.0 Å². The van der Waals surface area contributed by atoms with Gasteiger partial charge in [-0.3, -0.25) is 14.5 Å². The number of methoxy groups -OCH3 is 1. The number of amides is 1. The van der Waals surface area contributed by atoms with Crippen LogP contribution in [-0.2, 0) is 14.3 Å². The first kappa shape index (κ1) is 22.8. The zero-order chi connectivity index (χ0) is 23.5. The predicted molar refractivity (Wildman–Crippen MR) is 122 cm³/mol. The van der Waals surface area contributed by atoms with Gasteiger partial charge in [-0.1, -0.05) is 12.1 Å². The molecular formula is C25H28N2O6. The Bertz CT molecular complexity index is 1070. The number of carbonyl (C=O) groups is 2. The lowest BCUT2D eigenvalue weighted by atomic mass is 9.94. The van der Waals surface area contributed by atoms with Crippen LogP contribution in [0.2, 0.25) is 0 Å². The van der Waals surface area contributed by atoms with Crippen LogP contribution in [0.1, 0.15) is 22.7 Å². The number of nitrogens with zero attached hydrogens (tertiary/aromatic N) is 2. The van der Waals surface area contributed by atoms with Gasteiger partial charge in [-0.05, 0) is 48.4 Å². The summed E-state index contributed by atoms with van der Waals surface area (Å²) in [7, 11) is 1.56. The van der Waals surface area contributed by atoms with Gasteiger partial charge in [0, 0.05) is 31.7 Å². The van der Waals surface area contributed by atoms with Crippen molar-refractivity contribution in [3.63, 3.8) is 0 Å². The molecule has 2 heterocycles. The molecule has 1 atom stereocenters. The second kappa shape index (κ2) is 9.64. The van der Waals surface area contributed by atoms with Crippen LogP contribution in [0.15, 0.2) is 48.0 Å². The third-order valence-corrected chi connectivity index (χ3v) is 6.18. The number of hydrogen-bond acceptors (Lipinski definition) is 7. The fraction of sp³-hybridized carbons (Fsp3) is 0.360. The first-order chi connectivity index (χ1) is 15.9. The first-order valence-corrected chi connectivity index (χ1v) is 10.9. The van der Waals surface area contributed by atoms with Crippen molar-refractivity contribution in [2.24, 2.45) is 0 Å². The summed E-state index contributed by atoms with van der Waals surface area (Å²) in [6, 6.07) is 10.7. The number of aryl methyl sites for hydroxylation is 1. The third kappa shape index (κ3) is 4.58. The van der Waals surface area contributed by atoms with Gasteiger partial charge in [0.05, 0.1) is 31.9 Å². The number of ketones is 1. The van der Waals surface area contributed by atoms with E-state index in [1.807, 2.05) is 6.92 Å². The Kier molecular flexibility index (Phi) is 6.67. The summed E-state index contributed by atoms with van der Waals surface area (Å²) >= 11 is 0. The third-order valence-electron chi connectivity index (χ3n) is 6.18. The maximum absolute atomic E-state index is 13.1. The molecule has 4 rings (SSSR count). The van der Waals surface area contributed by atoms with Crippen molar-refractivity contribution in [2.75, 3.05) is 46.5 Å². The van der Waals surface area contributed by atoms with Gasteiger partial charge in [-0.2, -0.15) is 0 Å². The highest BCUT2D eigenvalue weighted by molar-refractivity contribution is 6.46. The lowest BCUT2D eigenvalue weighted by Crippen LogP contribution is -2.42. The lowest BCUT2D eigenvalue weighted by Gasteiger charge is -2.31. The SMILES string of the molecule is COc1ccc(/C(O)=C2\C(=O)C(=O)N(CCN3CCOCC3)[C@H]2c2ccc(O)cc2)cc1C. The summed E-state index contributed by atoms with van der Waals surface area (Å²) in [4.78, 5) is 29.9. The Balaban J connectivity index is 1.74. The van der Waals surface area contributed by atoms with Gasteiger partial charge >= 0.3 is 0 Å². The Morgan fingerprint density at radius 2 is 1.79 bits per heavy atom. The molecule has 2 aliphatic rings. The van der Waals surface area contributed by atoms with E-state index in [-0.39, 0.29) is 17.1 Å². The number of phenols is 1. The monoisotopic (exact) mass is 452 g/mol. The van der Waals surface area contributed by atoms with Gasteiger partial charge in [0.15, 0.2) is 0 Å². The smallest absolute Gasteiger partial charge is 0.295 e. The first-order valence-electron chi connectivity index (χ1n) is 10.9. The highest BCUT2D eigenvalue weighted by atomic mass is 16.5. The fourth-order valence-electron chi connectivity index (χ4n) is 4.37. The minimum atomic E-state index is -0.756. The van der Waals surface area contributed by atoms with Crippen LogP contribution < -0.4 is 4.74 Å². The van der Waals surface area contributed by atoms with E-state index >= 15 is 0 Å². The minimum absolute atomic E-state index is 0.0391. The Morgan fingerprint density at radius 3 is 2.42 bits per heavy atom. The maximum atomic E-state index is 13.1. The molecule has 8 nitrogen and oxygen atoms in total. The van der Waals surface area contributed by atoms with Crippen molar-refractivity contribution in [1.29, 1.82) is 0 Å². The number of hydrogen-bond donors (Lipinski definition) is 2. The van der Waals surface area contributed by atoms with Gasteiger partial charge < -0.3 is 24.6 Å². The number of likely N-dealkylation sites (tertiary alicyclic amines) is 1. The number of rotatable bonds is 6. The van der Waals surface area contributed by atoms with Gasteiger partial charge in [0.25, 0.3) is 11.7 Å². The van der Waals surface area contributed by atoms with Gasteiger partial charge in [0.2, 0.25) is 0 Å². The van der Waals surface area contributed by atoms with Crippen LogP contribution in [0.3, 0.4) is 0 Å². The predicted octanol–water partition coefficient (Wildman–Crippen LogP) is 2.46. The summed E-state index contributed by atoms with van der Waals surface area (Å²) < 4.78 is 10.7. The number of benzene rings is 2. The van der Waals surface area contributed by atoms with Gasteiger partial charge in [0.1, 0.15) is 17.3 Å². The second-order valence-electron chi connectivity index (χ2n) is 8.22. The van der Waals surface area contributed by atoms with Crippen molar-refractivity contribution in [3.05, 3.63) is 64.7 Å². The summed E-state index contributed by atoms with van der Waals surface area (Å²) in [6.07, 6.45) is 0. The van der Waals surface area contributed by atoms with Crippen molar-refractivity contribution in [1.82, 2.24) is 9.80 Å². The quantitative estimate of drug-likeness (QED) is 0.395. The number of morpholine rings is 1. The van der Waals surface area contributed by atoms with E-state index in [1.54, 1.807) is 37.4 Å². The number of carbonyl (C=O) groups excluding carboxylic acids is 2. The van der Waals surface area contributed by atoms with Crippen molar-refractivity contribution in [2.45, 2.75) is 13.0 Å². The number of aliphatic hydroxyl groups excluding tert-OH is 1. The molecule has 174 valence electrons. The van der Waals surface area contributed by atoms with Crippen LogP contribution >= 0.6 is 0 Å². The summed E-state index contributed by atoms with van der Waals surface area (Å²) in [5.74, 6) is -0.859. The number of aliphatic hydroxyl groups is 1. The molecule has 0 aliphatic carbocycles. The normalized spacial score (nSPS) is 20.9. The Labute approximate surface area is 192 Å². The van der Waals surface area contributed by atoms with Crippen LogP contribution in [0.4, 0.5) is 0 Å². The molecule has 0 bridgehead atoms. The highest BCUT2D eigenvalue weighted by Gasteiger charge is 2.46. The fourth-order valence-corrected chi connectivity index (χ4v) is 4.37. The molecule has 2 aromatic carbocycles. The topological polar surface area (TPSA) is 99.5 Å². The van der Waals surface area contributed by atoms with Crippen LogP contribution in [0, 0.1) is 6.92 Å². The van der Waals surface area contributed by atoms with E-state index in [2.05, 4.69) is 4.90 Å². The molecule has 2 saturated heterocycles. The van der Waals surface area contributed by atoms with Crippen molar-refractivity contribution >= 4 is 17.4 Å². The van der Waals surface area contributed by atoms with Crippen molar-refractivity contribution < 1.29 is 29.3 Å². The zero-order valence-electron chi connectivity index (χ0n) is 18.8. The van der Waals surface area contributed by atoms with E-state index in [9.17, 15) is 19.8 Å². The molecule has 2 fully saturated rings. The summed E-state index contributed by atoms with van der Waals surface area (Å²) in [5.41, 5.74) is 1.91. The van der Waals surface area contributed by atoms with E-state index < -0.39 is 17.7 Å². The van der Waals surface area contributed by atoms with Crippen LogP contribution in [0.25, 0.3) is 5.76 Å². The summed E-state index contributed by atoms with van der Waals surface area (Å²) in [5, 5.41) is 20.9. The molecule has 33 heavy (non-hydrogen) atoms. The standard InChI is InChI=1S/C25H28N2O6/c1-16-15-18(5-8-20(16)32-2)23(29)21-22(17-3-6-19(28)7-4-17)27(25(31)24(21)30)10-9-26-11-13-33-14-12-26/h3-8,15,22,28-29H,9-14H2,1-2H3/b23-21+/t22-/m0/s1. The molecule has 2 aliphatic heterocycles. The maximum Gasteiger partial charge on any atom is 0.295 e. The highest BCUT2D eigenvalue weighted by Crippen LogP contribution is 2.40. The minimum Gasteiger partial charge on any atom is -0.508 e. The van der Waals surface area contributed by atoms with E-state index in [0.717, 1.165) is 18.7 Å². The Hall–Kier alpha value is -3.36. The lowest BCUT2D eigenvalue weighted by molar-refractivity contribution is -0.140. The molecule has 8 heteroatoms. The molecule has 0 spiro atoms.